The van der Waals surface area contributed by atoms with Gasteiger partial charge < -0.3 is 5.32 Å². The van der Waals surface area contributed by atoms with Crippen LogP contribution >= 0.6 is 0 Å². The van der Waals surface area contributed by atoms with Gasteiger partial charge in [-0.05, 0) is 24.2 Å². The van der Waals surface area contributed by atoms with Crippen molar-refractivity contribution in [3.8, 4) is 0 Å². The van der Waals surface area contributed by atoms with E-state index in [1.807, 2.05) is 6.92 Å². The molecule has 0 saturated heterocycles. The van der Waals surface area contributed by atoms with Crippen molar-refractivity contribution in [2.75, 3.05) is 20.1 Å². The van der Waals surface area contributed by atoms with Gasteiger partial charge in [-0.15, -0.1) is 0 Å². The van der Waals surface area contributed by atoms with Gasteiger partial charge in [0.05, 0.1) is 11.4 Å². The number of halogens is 2. The van der Waals surface area contributed by atoms with Crippen molar-refractivity contribution in [1.82, 2.24) is 9.62 Å². The van der Waals surface area contributed by atoms with E-state index in [0.717, 1.165) is 19.2 Å². The second kappa shape index (κ2) is 6.93. The van der Waals surface area contributed by atoms with Crippen LogP contribution in [0.5, 0.6) is 0 Å². The molecule has 0 aliphatic rings. The highest BCUT2D eigenvalue weighted by molar-refractivity contribution is 7.89. The Labute approximate surface area is 112 Å². The number of rotatable bonds is 7. The molecule has 108 valence electrons. The van der Waals surface area contributed by atoms with Gasteiger partial charge in [-0.2, -0.15) is 4.31 Å². The molecule has 0 unspecified atom stereocenters. The molecule has 0 aliphatic carbocycles. The van der Waals surface area contributed by atoms with Gasteiger partial charge >= 0.3 is 0 Å². The molecule has 19 heavy (non-hydrogen) atoms. The van der Waals surface area contributed by atoms with Gasteiger partial charge in [-0.1, -0.05) is 19.1 Å². The summed E-state index contributed by atoms with van der Waals surface area (Å²) in [5.41, 5.74) is 0.942. The molecule has 1 aromatic carbocycles. The van der Waals surface area contributed by atoms with E-state index in [2.05, 4.69) is 5.32 Å². The molecular weight excluding hydrogens is 274 g/mol. The third-order valence-electron chi connectivity index (χ3n) is 2.61. The summed E-state index contributed by atoms with van der Waals surface area (Å²) in [4.78, 5) is 0.0240. The van der Waals surface area contributed by atoms with E-state index in [1.165, 1.54) is 12.1 Å². The molecule has 7 heteroatoms. The largest absolute Gasteiger partial charge is 0.313 e. The molecule has 0 fully saturated rings. The second-order valence-electron chi connectivity index (χ2n) is 4.10. The zero-order valence-electron chi connectivity index (χ0n) is 10.9. The molecule has 0 heterocycles. The van der Waals surface area contributed by atoms with E-state index in [9.17, 15) is 17.2 Å². The lowest BCUT2D eigenvalue weighted by Crippen LogP contribution is -2.31. The second-order valence-corrected chi connectivity index (χ2v) is 6.15. The Balaban J connectivity index is 2.84. The van der Waals surface area contributed by atoms with E-state index < -0.39 is 23.0 Å². The Kier molecular flexibility index (Phi) is 5.84. The summed E-state index contributed by atoms with van der Waals surface area (Å²) in [6.07, 6.45) is -2.69. The number of benzene rings is 1. The van der Waals surface area contributed by atoms with Gasteiger partial charge in [0.15, 0.2) is 0 Å². The molecule has 1 N–H and O–H groups in total. The Bertz CT molecular complexity index is 489. The van der Waals surface area contributed by atoms with Crippen LogP contribution < -0.4 is 5.32 Å². The average molecular weight is 292 g/mol. The summed E-state index contributed by atoms with van der Waals surface area (Å²) in [5.74, 6) is 0. The first-order valence-corrected chi connectivity index (χ1v) is 7.36. The molecule has 1 aromatic rings. The number of hydrogen-bond donors (Lipinski definition) is 1. The summed E-state index contributed by atoms with van der Waals surface area (Å²) < 4.78 is 49.0. The first kappa shape index (κ1) is 16.0. The van der Waals surface area contributed by atoms with Gasteiger partial charge in [0.2, 0.25) is 10.0 Å². The number of nitrogens with one attached hydrogen (secondary N) is 1. The monoisotopic (exact) mass is 292 g/mol. The molecule has 0 aromatic heterocycles. The van der Waals surface area contributed by atoms with Crippen LogP contribution in [-0.2, 0) is 16.6 Å². The average Bonchev–Trinajstić information content (AvgIpc) is 2.36. The fourth-order valence-corrected chi connectivity index (χ4v) is 2.67. The highest BCUT2D eigenvalue weighted by atomic mass is 32.2. The van der Waals surface area contributed by atoms with Crippen LogP contribution in [0.25, 0.3) is 0 Å². The molecule has 4 nitrogen and oxygen atoms in total. The summed E-state index contributed by atoms with van der Waals surface area (Å²) in [5, 5.41) is 3.11. The van der Waals surface area contributed by atoms with Crippen LogP contribution in [0.2, 0.25) is 0 Å². The smallest absolute Gasteiger partial charge is 0.252 e. The lowest BCUT2D eigenvalue weighted by Gasteiger charge is -2.16. The van der Waals surface area contributed by atoms with Crippen molar-refractivity contribution in [2.24, 2.45) is 0 Å². The Hall–Kier alpha value is -1.05. The molecule has 0 saturated carbocycles. The Morgan fingerprint density at radius 2 is 1.84 bits per heavy atom. The summed E-state index contributed by atoms with van der Waals surface area (Å²) in [7, 11) is -2.69. The van der Waals surface area contributed by atoms with Crippen molar-refractivity contribution in [3.63, 3.8) is 0 Å². The van der Waals surface area contributed by atoms with E-state index >= 15 is 0 Å². The highest BCUT2D eigenvalue weighted by Crippen LogP contribution is 2.16. The zero-order valence-corrected chi connectivity index (χ0v) is 11.8. The van der Waals surface area contributed by atoms with Crippen LogP contribution in [0.4, 0.5) is 8.78 Å². The van der Waals surface area contributed by atoms with Gasteiger partial charge in [-0.3, -0.25) is 0 Å². The van der Waals surface area contributed by atoms with Crippen LogP contribution in [0.3, 0.4) is 0 Å². The first-order chi connectivity index (χ1) is 8.87. The lowest BCUT2D eigenvalue weighted by atomic mass is 10.2. The maximum Gasteiger partial charge on any atom is 0.252 e. The van der Waals surface area contributed by atoms with E-state index in [-0.39, 0.29) is 4.90 Å². The van der Waals surface area contributed by atoms with Crippen molar-refractivity contribution < 1.29 is 17.2 Å². The molecule has 0 bridgehead atoms. The molecule has 0 atom stereocenters. The van der Waals surface area contributed by atoms with Crippen molar-refractivity contribution in [3.05, 3.63) is 29.8 Å². The van der Waals surface area contributed by atoms with E-state index in [4.69, 9.17) is 0 Å². The number of sulfonamides is 1. The van der Waals surface area contributed by atoms with Crippen LogP contribution in [-0.4, -0.2) is 39.3 Å². The topological polar surface area (TPSA) is 49.4 Å². The van der Waals surface area contributed by atoms with Crippen LogP contribution in [0.1, 0.15) is 12.5 Å². The van der Waals surface area contributed by atoms with E-state index in [0.29, 0.717) is 10.8 Å². The number of hydrogen-bond acceptors (Lipinski definition) is 3. The number of nitrogens with zero attached hydrogens (tertiary/aromatic N) is 1. The first-order valence-electron chi connectivity index (χ1n) is 5.92. The third-order valence-corrected chi connectivity index (χ3v) is 4.44. The molecule has 1 rings (SSSR count). The van der Waals surface area contributed by atoms with E-state index in [1.54, 1.807) is 12.1 Å². The predicted octanol–water partition coefficient (Wildman–Crippen LogP) is 1.68. The molecular formula is C12H18F2N2O2S. The van der Waals surface area contributed by atoms with Crippen LogP contribution in [0.15, 0.2) is 29.2 Å². The van der Waals surface area contributed by atoms with Gasteiger partial charge in [0.25, 0.3) is 6.43 Å². The summed E-state index contributed by atoms with van der Waals surface area (Å²) >= 11 is 0. The van der Waals surface area contributed by atoms with Crippen molar-refractivity contribution >= 4 is 10.0 Å². The maximum absolute atomic E-state index is 12.2. The minimum atomic E-state index is -3.84. The fraction of sp³-hybridized carbons (Fsp3) is 0.500. The minimum Gasteiger partial charge on any atom is -0.313 e. The zero-order chi connectivity index (χ0) is 14.5. The fourth-order valence-electron chi connectivity index (χ4n) is 1.52. The quantitative estimate of drug-likeness (QED) is 0.832. The summed E-state index contributed by atoms with van der Waals surface area (Å²) in [6.45, 7) is 2.63. The van der Waals surface area contributed by atoms with Gasteiger partial charge in [0, 0.05) is 13.6 Å². The standard InChI is InChI=1S/C12H18F2N2O2S/c1-3-15-8-10-4-6-11(7-5-10)19(17,18)16(2)9-12(13)14/h4-7,12,15H,3,8-9H2,1-2H3. The third kappa shape index (κ3) is 4.52. The van der Waals surface area contributed by atoms with Crippen LogP contribution in [0, 0.1) is 0 Å². The molecule has 0 radical (unpaired) electrons. The SMILES string of the molecule is CCNCc1ccc(S(=O)(=O)N(C)CC(F)F)cc1. The molecule has 0 aliphatic heterocycles. The normalized spacial score (nSPS) is 12.3. The lowest BCUT2D eigenvalue weighted by molar-refractivity contribution is 0.126. The molecule has 0 spiro atoms. The minimum absolute atomic E-state index is 0.0240. The van der Waals surface area contributed by atoms with Crippen molar-refractivity contribution in [2.45, 2.75) is 24.8 Å². The highest BCUT2D eigenvalue weighted by Gasteiger charge is 2.23. The maximum atomic E-state index is 12.2. The van der Waals surface area contributed by atoms with Crippen molar-refractivity contribution in [1.29, 1.82) is 0 Å². The predicted molar refractivity (Wildman–Crippen MR) is 69.6 cm³/mol. The number of alkyl halides is 2. The summed E-state index contributed by atoms with van der Waals surface area (Å²) in [6, 6.07) is 6.21. The van der Waals surface area contributed by atoms with Gasteiger partial charge in [-0.25, -0.2) is 17.2 Å². The molecule has 0 amide bonds. The Morgan fingerprint density at radius 1 is 1.26 bits per heavy atom. The Morgan fingerprint density at radius 3 is 2.32 bits per heavy atom. The van der Waals surface area contributed by atoms with Gasteiger partial charge in [0.1, 0.15) is 0 Å².